The molecule has 210 valence electrons. The number of hydrogen-bond donors (Lipinski definition) is 1. The van der Waals surface area contributed by atoms with Gasteiger partial charge in [0, 0.05) is 48.6 Å². The summed E-state index contributed by atoms with van der Waals surface area (Å²) in [5, 5.41) is 22.6. The summed E-state index contributed by atoms with van der Waals surface area (Å²) in [6, 6.07) is 10.5. The third-order valence-electron chi connectivity index (χ3n) is 9.06. The lowest BCUT2D eigenvalue weighted by atomic mass is 9.90. The number of nitrogens with zero attached hydrogens (tertiary/aromatic N) is 5. The van der Waals surface area contributed by atoms with Crippen molar-refractivity contribution in [2.24, 2.45) is 5.92 Å². The molecule has 7 nitrogen and oxygen atoms in total. The van der Waals surface area contributed by atoms with Crippen LogP contribution in [0.3, 0.4) is 0 Å². The van der Waals surface area contributed by atoms with Gasteiger partial charge in [-0.2, -0.15) is 10.4 Å². The highest BCUT2D eigenvalue weighted by Crippen LogP contribution is 2.47. The Hall–Kier alpha value is -3.38. The fourth-order valence-electron chi connectivity index (χ4n) is 6.29. The van der Waals surface area contributed by atoms with Gasteiger partial charge in [0.15, 0.2) is 5.65 Å². The number of aryl methyl sites for hydroxylation is 1. The smallest absolute Gasteiger partial charge is 0.273 e. The van der Waals surface area contributed by atoms with Crippen LogP contribution < -0.4 is 10.9 Å². The van der Waals surface area contributed by atoms with E-state index in [2.05, 4.69) is 26.5 Å². The molecule has 0 radical (unpaired) electrons. The van der Waals surface area contributed by atoms with Crippen molar-refractivity contribution in [1.29, 1.82) is 5.26 Å². The first-order valence-electron chi connectivity index (χ1n) is 14.6. The number of nitriles is 1. The summed E-state index contributed by atoms with van der Waals surface area (Å²) in [5.74, 6) is -2.56. The highest BCUT2D eigenvalue weighted by Gasteiger charge is 2.47. The van der Waals surface area contributed by atoms with Crippen molar-refractivity contribution >= 4 is 16.7 Å². The van der Waals surface area contributed by atoms with Gasteiger partial charge in [-0.25, -0.2) is 8.78 Å². The second-order valence-electron chi connectivity index (χ2n) is 12.0. The average Bonchev–Trinajstić information content (AvgIpc) is 3.72. The Morgan fingerprint density at radius 3 is 2.60 bits per heavy atom. The number of nitrogens with one attached hydrogen (secondary N) is 1. The maximum atomic E-state index is 15.3. The number of fused-ring (bicyclic) bond motifs is 8. The first-order chi connectivity index (χ1) is 19.3. The van der Waals surface area contributed by atoms with Crippen LogP contribution in [-0.2, 0) is 17.9 Å². The molecule has 2 aromatic heterocycles. The van der Waals surface area contributed by atoms with E-state index in [1.807, 2.05) is 13.0 Å². The minimum Gasteiger partial charge on any atom is -0.377 e. The van der Waals surface area contributed by atoms with Crippen LogP contribution in [0.1, 0.15) is 81.0 Å². The van der Waals surface area contributed by atoms with Crippen molar-refractivity contribution in [1.82, 2.24) is 19.7 Å². The van der Waals surface area contributed by atoms with Crippen LogP contribution in [0, 0.1) is 17.2 Å². The van der Waals surface area contributed by atoms with Gasteiger partial charge in [0.25, 0.3) is 11.5 Å². The van der Waals surface area contributed by atoms with Crippen LogP contribution in [0.15, 0.2) is 41.3 Å². The zero-order valence-corrected chi connectivity index (χ0v) is 23.0. The number of aromatic nitrogens is 3. The number of hydrogen-bond acceptors (Lipinski definition) is 6. The van der Waals surface area contributed by atoms with Crippen LogP contribution >= 0.6 is 0 Å². The second-order valence-corrected chi connectivity index (χ2v) is 12.0. The third-order valence-corrected chi connectivity index (χ3v) is 9.06. The van der Waals surface area contributed by atoms with Gasteiger partial charge in [-0.15, -0.1) is 5.10 Å². The molecule has 9 heteroatoms. The van der Waals surface area contributed by atoms with E-state index in [4.69, 9.17) is 0 Å². The van der Waals surface area contributed by atoms with Gasteiger partial charge >= 0.3 is 0 Å². The number of pyridine rings is 1. The SMILES string of the molecule is C[C@H]1Nc2cnnc3c2cc(C2(C#N)CC2)c(=O)n3CCCCCCN2CC(CCC(F)(F)c3cccc1c3)C2. The van der Waals surface area contributed by atoms with Crippen molar-refractivity contribution in [3.63, 3.8) is 0 Å². The molecule has 0 unspecified atom stereocenters. The van der Waals surface area contributed by atoms with Gasteiger partial charge in [0.2, 0.25) is 0 Å². The van der Waals surface area contributed by atoms with Crippen molar-refractivity contribution in [2.45, 2.75) is 82.2 Å². The first-order valence-corrected chi connectivity index (χ1v) is 14.6. The van der Waals surface area contributed by atoms with E-state index in [0.29, 0.717) is 48.6 Å². The van der Waals surface area contributed by atoms with Crippen LogP contribution in [0.25, 0.3) is 11.0 Å². The first kappa shape index (κ1) is 26.8. The summed E-state index contributed by atoms with van der Waals surface area (Å²) in [4.78, 5) is 16.0. The van der Waals surface area contributed by atoms with E-state index < -0.39 is 11.3 Å². The Labute approximate surface area is 233 Å². The molecule has 8 bridgehead atoms. The maximum Gasteiger partial charge on any atom is 0.273 e. The van der Waals surface area contributed by atoms with E-state index >= 15 is 8.78 Å². The number of anilines is 1. The van der Waals surface area contributed by atoms with E-state index in [0.717, 1.165) is 56.3 Å². The minimum atomic E-state index is -2.89. The van der Waals surface area contributed by atoms with Gasteiger partial charge in [-0.3, -0.25) is 9.36 Å². The average molecular weight is 547 g/mol. The number of halogens is 2. The standard InChI is InChI=1S/C31H36F2N6O/c1-21-23-7-6-8-24(15-23)31(32,33)10-9-22-18-38(19-22)13-4-2-3-5-14-39-28-25(27(36-21)17-35-37-28)16-26(29(39)40)30(20-34)11-12-30/h6-8,15-17,21-22,36H,2-5,9-14,18-19H2,1H3/t21-/m1/s1. The van der Waals surface area contributed by atoms with Crippen molar-refractivity contribution in [3.05, 3.63) is 63.6 Å². The van der Waals surface area contributed by atoms with Gasteiger partial charge in [0.1, 0.15) is 0 Å². The Morgan fingerprint density at radius 2 is 1.85 bits per heavy atom. The number of rotatable bonds is 1. The molecule has 1 aromatic carbocycles. The van der Waals surface area contributed by atoms with Crippen LogP contribution in [0.2, 0.25) is 0 Å². The van der Waals surface area contributed by atoms with E-state index in [1.165, 1.54) is 6.07 Å². The largest absolute Gasteiger partial charge is 0.377 e. The predicted molar refractivity (Wildman–Crippen MR) is 150 cm³/mol. The molecule has 1 N–H and O–H groups in total. The summed E-state index contributed by atoms with van der Waals surface area (Å²) in [7, 11) is 0. The predicted octanol–water partition coefficient (Wildman–Crippen LogP) is 5.90. The molecule has 1 aliphatic carbocycles. The Bertz CT molecular complexity index is 1500. The van der Waals surface area contributed by atoms with E-state index in [1.54, 1.807) is 29.0 Å². The third kappa shape index (κ3) is 5.10. The molecule has 0 spiro atoms. The van der Waals surface area contributed by atoms with Crippen molar-refractivity contribution in [2.75, 3.05) is 25.0 Å². The molecule has 1 saturated carbocycles. The van der Waals surface area contributed by atoms with Gasteiger partial charge < -0.3 is 10.2 Å². The lowest BCUT2D eigenvalue weighted by Gasteiger charge is -2.40. The topological polar surface area (TPSA) is 86.8 Å². The lowest BCUT2D eigenvalue weighted by molar-refractivity contribution is -0.0291. The summed E-state index contributed by atoms with van der Waals surface area (Å²) >= 11 is 0. The van der Waals surface area contributed by atoms with E-state index in [-0.39, 0.29) is 23.6 Å². The van der Waals surface area contributed by atoms with Crippen molar-refractivity contribution in [3.8, 4) is 6.07 Å². The minimum absolute atomic E-state index is 0.0410. The summed E-state index contributed by atoms with van der Waals surface area (Å²) < 4.78 is 32.2. The van der Waals surface area contributed by atoms with Gasteiger partial charge in [-0.05, 0) is 69.2 Å². The Balaban J connectivity index is 1.39. The molecule has 3 aromatic rings. The quantitative estimate of drug-likeness (QED) is 0.409. The molecule has 0 amide bonds. The molecule has 4 aliphatic rings. The zero-order valence-electron chi connectivity index (χ0n) is 23.0. The molecule has 1 saturated heterocycles. The van der Waals surface area contributed by atoms with Crippen LogP contribution in [-0.4, -0.2) is 39.3 Å². The fraction of sp³-hybridized carbons (Fsp3) is 0.548. The second kappa shape index (κ2) is 10.5. The van der Waals surface area contributed by atoms with Crippen LogP contribution in [0.4, 0.5) is 14.5 Å². The molecule has 40 heavy (non-hydrogen) atoms. The van der Waals surface area contributed by atoms with Gasteiger partial charge in [0.05, 0.1) is 23.4 Å². The molecule has 3 aliphatic heterocycles. The fourth-order valence-corrected chi connectivity index (χ4v) is 6.29. The summed E-state index contributed by atoms with van der Waals surface area (Å²) in [6.07, 6.45) is 7.23. The molecular formula is C31H36F2N6O. The summed E-state index contributed by atoms with van der Waals surface area (Å²) in [6.45, 7) is 5.21. The normalized spacial score (nSPS) is 26.1. The Morgan fingerprint density at radius 1 is 1.07 bits per heavy atom. The number of alkyl halides is 2. The zero-order chi connectivity index (χ0) is 27.9. The van der Waals surface area contributed by atoms with Gasteiger partial charge in [-0.1, -0.05) is 31.0 Å². The molecular weight excluding hydrogens is 510 g/mol. The maximum absolute atomic E-state index is 15.3. The molecule has 7 rings (SSSR count). The Kier molecular flexibility index (Phi) is 7.07. The molecule has 2 fully saturated rings. The highest BCUT2D eigenvalue weighted by atomic mass is 19.3. The number of benzene rings is 1. The highest BCUT2D eigenvalue weighted by molar-refractivity contribution is 5.89. The van der Waals surface area contributed by atoms with Crippen LogP contribution in [0.5, 0.6) is 0 Å². The van der Waals surface area contributed by atoms with Crippen molar-refractivity contribution < 1.29 is 8.78 Å². The lowest BCUT2D eigenvalue weighted by Crippen LogP contribution is -2.47. The molecule has 1 atom stereocenters. The molecule has 5 heterocycles. The van der Waals surface area contributed by atoms with E-state index in [9.17, 15) is 10.1 Å². The summed E-state index contributed by atoms with van der Waals surface area (Å²) in [5.41, 5.74) is 1.53. The monoisotopic (exact) mass is 546 g/mol.